The van der Waals surface area contributed by atoms with Gasteiger partial charge in [-0.1, -0.05) is 97.2 Å². The molecular weight excluding hydrogens is 648 g/mol. The van der Waals surface area contributed by atoms with Crippen LogP contribution in [-0.4, -0.2) is 56.5 Å². The Labute approximate surface area is 288 Å². The second-order valence-electron chi connectivity index (χ2n) is 13.1. The molecule has 0 atom stereocenters. The van der Waals surface area contributed by atoms with Crippen molar-refractivity contribution in [2.75, 3.05) is 38.2 Å². The maximum Gasteiger partial charge on any atom is 0.239 e. The second kappa shape index (κ2) is 24.7. The lowest BCUT2D eigenvalue weighted by Crippen LogP contribution is -2.42. The van der Waals surface area contributed by atoms with Gasteiger partial charge in [0.15, 0.2) is 0 Å². The van der Waals surface area contributed by atoms with Crippen molar-refractivity contribution < 1.29 is 23.9 Å². The zero-order chi connectivity index (χ0) is 35.9. The second-order valence-corrected chi connectivity index (χ2v) is 13.9. The van der Waals surface area contributed by atoms with Crippen LogP contribution >= 0.6 is 15.9 Å². The summed E-state index contributed by atoms with van der Waals surface area (Å²) in [6.45, 7) is 26.2. The summed E-state index contributed by atoms with van der Waals surface area (Å²) in [7, 11) is 0. The van der Waals surface area contributed by atoms with Crippen molar-refractivity contribution in [3.8, 4) is 0 Å². The molecule has 0 heterocycles. The third kappa shape index (κ3) is 21.4. The Morgan fingerprint density at radius 1 is 0.717 bits per heavy atom. The van der Waals surface area contributed by atoms with E-state index >= 15 is 0 Å². The van der Waals surface area contributed by atoms with Crippen LogP contribution in [0.2, 0.25) is 0 Å². The molecule has 0 radical (unpaired) electrons. The molecule has 1 rings (SSSR count). The fraction of sp³-hybridized carbons (Fsp3) is 0.722. The molecule has 10 heteroatoms. The Balaban J connectivity index is 0. The van der Waals surface area contributed by atoms with E-state index in [1.807, 2.05) is 55.4 Å². The van der Waals surface area contributed by atoms with Gasteiger partial charge in [0.25, 0.3) is 0 Å². The number of aryl methyl sites for hydroxylation is 2. The Hall–Kier alpha value is -2.46. The summed E-state index contributed by atoms with van der Waals surface area (Å²) in [4.78, 5) is 46.5. The molecule has 1 aromatic rings. The predicted molar refractivity (Wildman–Crippen MR) is 195 cm³/mol. The van der Waals surface area contributed by atoms with Gasteiger partial charge in [-0.2, -0.15) is 0 Å². The van der Waals surface area contributed by atoms with Crippen LogP contribution in [0.1, 0.15) is 124 Å². The van der Waals surface area contributed by atoms with Crippen molar-refractivity contribution in [1.82, 2.24) is 16.0 Å². The molecule has 0 bridgehead atoms. The number of unbranched alkanes of at least 4 members (excludes halogenated alkanes) is 2. The molecule has 1 aromatic carbocycles. The fourth-order valence-corrected chi connectivity index (χ4v) is 4.46. The van der Waals surface area contributed by atoms with Gasteiger partial charge in [0.1, 0.15) is 0 Å². The highest BCUT2D eigenvalue weighted by atomic mass is 79.9. The molecule has 0 spiro atoms. The van der Waals surface area contributed by atoms with Gasteiger partial charge in [0.2, 0.25) is 23.6 Å². The number of anilines is 1. The van der Waals surface area contributed by atoms with Crippen molar-refractivity contribution in [1.29, 1.82) is 0 Å². The summed E-state index contributed by atoms with van der Waals surface area (Å²) in [5, 5.41) is 11.4. The number of carbonyl (C=O) groups is 4. The number of nitrogens with one attached hydrogen (secondary N) is 4. The zero-order valence-electron chi connectivity index (χ0n) is 31.0. The first-order valence-electron chi connectivity index (χ1n) is 16.9. The van der Waals surface area contributed by atoms with Crippen LogP contribution in [0.3, 0.4) is 0 Å². The third-order valence-corrected chi connectivity index (χ3v) is 8.13. The standard InChI is InChI=1S/C22H43N3O4.C12H16BrNO.C2H6/c1-7-9-10-12-19(27)24-14-21(3,4)16-29-17-22(5,6)15-25-20(28)13-23-18(26)11-8-2;1-5-10(15)14-12-8(3)6-7(2)11(13)9(12)4;1-2/h7-17H2,1-6H3,(H,23,26)(H,24,27)(H,25,28);6H,5H2,1-4H3,(H,14,15);1-2H3. The molecule has 4 amide bonds. The first-order chi connectivity index (χ1) is 21.5. The molecule has 46 heavy (non-hydrogen) atoms. The van der Waals surface area contributed by atoms with E-state index in [1.54, 1.807) is 0 Å². The number of ether oxygens (including phenoxy) is 1. The maximum absolute atomic E-state index is 11.9. The molecule has 0 saturated carbocycles. The lowest BCUT2D eigenvalue weighted by Gasteiger charge is -2.29. The van der Waals surface area contributed by atoms with Crippen molar-refractivity contribution >= 4 is 45.2 Å². The van der Waals surface area contributed by atoms with E-state index in [0.29, 0.717) is 45.6 Å². The van der Waals surface area contributed by atoms with Gasteiger partial charge >= 0.3 is 0 Å². The Morgan fingerprint density at radius 3 is 1.74 bits per heavy atom. The molecule has 4 N–H and O–H groups in total. The lowest BCUT2D eigenvalue weighted by atomic mass is 9.93. The van der Waals surface area contributed by atoms with Crippen molar-refractivity contribution in [3.63, 3.8) is 0 Å². The van der Waals surface area contributed by atoms with Crippen LogP contribution in [0.25, 0.3) is 0 Å². The van der Waals surface area contributed by atoms with Crippen LogP contribution in [0.15, 0.2) is 10.5 Å². The molecular formula is C36H65BrN4O5. The van der Waals surface area contributed by atoms with Crippen LogP contribution in [0, 0.1) is 31.6 Å². The molecule has 0 fully saturated rings. The summed E-state index contributed by atoms with van der Waals surface area (Å²) in [5.74, 6) is -0.156. The first kappa shape index (κ1) is 45.7. The van der Waals surface area contributed by atoms with E-state index in [-0.39, 0.29) is 41.0 Å². The van der Waals surface area contributed by atoms with Crippen LogP contribution in [0.5, 0.6) is 0 Å². The van der Waals surface area contributed by atoms with E-state index in [1.165, 1.54) is 5.56 Å². The highest BCUT2D eigenvalue weighted by molar-refractivity contribution is 9.10. The van der Waals surface area contributed by atoms with Crippen LogP contribution < -0.4 is 21.3 Å². The SMILES string of the molecule is CC.CCC(=O)Nc1c(C)cc(C)c(Br)c1C.CCCCCC(=O)NCC(C)(C)COCC(C)(C)CNC(=O)CNC(=O)CCC. The molecule has 0 aliphatic carbocycles. The molecule has 0 aliphatic heterocycles. The minimum absolute atomic E-state index is 0.000750. The Bertz CT molecular complexity index is 1070. The number of rotatable bonds is 18. The third-order valence-electron chi connectivity index (χ3n) is 6.91. The van der Waals surface area contributed by atoms with Gasteiger partial charge in [-0.05, 0) is 50.3 Å². The number of carbonyl (C=O) groups excluding carboxylic acids is 4. The molecule has 266 valence electrons. The van der Waals surface area contributed by atoms with Crippen LogP contribution in [-0.2, 0) is 23.9 Å². The van der Waals surface area contributed by atoms with E-state index in [9.17, 15) is 19.2 Å². The van der Waals surface area contributed by atoms with Crippen molar-refractivity contribution in [2.24, 2.45) is 10.8 Å². The van der Waals surface area contributed by atoms with Gasteiger partial charge in [0.05, 0.1) is 19.8 Å². The fourth-order valence-electron chi connectivity index (χ4n) is 4.14. The minimum Gasteiger partial charge on any atom is -0.380 e. The van der Waals surface area contributed by atoms with Crippen molar-refractivity contribution in [3.05, 3.63) is 27.2 Å². The number of amides is 4. The Kier molecular flexibility index (Phi) is 24.5. The summed E-state index contributed by atoms with van der Waals surface area (Å²) in [6, 6.07) is 2.07. The number of hydrogen-bond acceptors (Lipinski definition) is 5. The largest absolute Gasteiger partial charge is 0.380 e. The van der Waals surface area contributed by atoms with Gasteiger partial charge in [-0.25, -0.2) is 0 Å². The highest BCUT2D eigenvalue weighted by Crippen LogP contribution is 2.30. The first-order valence-corrected chi connectivity index (χ1v) is 17.7. The molecule has 0 saturated heterocycles. The predicted octanol–water partition coefficient (Wildman–Crippen LogP) is 7.53. The Morgan fingerprint density at radius 2 is 1.24 bits per heavy atom. The van der Waals surface area contributed by atoms with Gasteiger partial charge in [-0.15, -0.1) is 0 Å². The van der Waals surface area contributed by atoms with Gasteiger partial charge in [0, 0.05) is 53.3 Å². The minimum atomic E-state index is -0.234. The summed E-state index contributed by atoms with van der Waals surface area (Å²) >= 11 is 3.52. The lowest BCUT2D eigenvalue weighted by molar-refractivity contribution is -0.126. The molecule has 9 nitrogen and oxygen atoms in total. The van der Waals surface area contributed by atoms with E-state index in [0.717, 1.165) is 47.0 Å². The smallest absolute Gasteiger partial charge is 0.239 e. The number of benzene rings is 1. The highest BCUT2D eigenvalue weighted by Gasteiger charge is 2.24. The average molecular weight is 714 g/mol. The van der Waals surface area contributed by atoms with E-state index in [2.05, 4.69) is 71.0 Å². The zero-order valence-corrected chi connectivity index (χ0v) is 32.6. The molecule has 0 unspecified atom stereocenters. The maximum atomic E-state index is 11.9. The molecule has 0 aromatic heterocycles. The van der Waals surface area contributed by atoms with Gasteiger partial charge < -0.3 is 26.0 Å². The van der Waals surface area contributed by atoms with E-state index in [4.69, 9.17) is 4.74 Å². The van der Waals surface area contributed by atoms with Crippen LogP contribution in [0.4, 0.5) is 5.69 Å². The summed E-state index contributed by atoms with van der Waals surface area (Å²) < 4.78 is 6.95. The van der Waals surface area contributed by atoms with E-state index < -0.39 is 0 Å². The summed E-state index contributed by atoms with van der Waals surface area (Å²) in [5.41, 5.74) is 3.93. The average Bonchev–Trinajstić information content (AvgIpc) is 3.00. The summed E-state index contributed by atoms with van der Waals surface area (Å²) in [6.07, 6.45) is 5.40. The monoisotopic (exact) mass is 712 g/mol. The topological polar surface area (TPSA) is 126 Å². The normalized spacial score (nSPS) is 10.9. The number of hydrogen-bond donors (Lipinski definition) is 4. The van der Waals surface area contributed by atoms with Crippen molar-refractivity contribution in [2.45, 2.75) is 128 Å². The molecule has 0 aliphatic rings. The quantitative estimate of drug-likeness (QED) is 0.117. The number of halogens is 1. The van der Waals surface area contributed by atoms with Gasteiger partial charge in [-0.3, -0.25) is 19.2 Å².